The number of hydrogen-bond donors (Lipinski definition) is 0. The molecule has 9 heteroatoms. The van der Waals surface area contributed by atoms with Crippen LogP contribution < -0.4 is 9.80 Å². The van der Waals surface area contributed by atoms with Crippen LogP contribution in [0.1, 0.15) is 25.8 Å². The van der Waals surface area contributed by atoms with Gasteiger partial charge in [0.2, 0.25) is 11.8 Å². The van der Waals surface area contributed by atoms with Crippen molar-refractivity contribution in [3.05, 3.63) is 54.1 Å². The first-order valence-corrected chi connectivity index (χ1v) is 11.6. The summed E-state index contributed by atoms with van der Waals surface area (Å²) in [6.45, 7) is 5.63. The van der Waals surface area contributed by atoms with Gasteiger partial charge in [-0.05, 0) is 44.2 Å². The van der Waals surface area contributed by atoms with Gasteiger partial charge in [0.1, 0.15) is 6.54 Å². The number of hydrogen-bond acceptors (Lipinski definition) is 4. The van der Waals surface area contributed by atoms with Crippen LogP contribution >= 0.6 is 11.8 Å². The molecule has 0 bridgehead atoms. The standard InChI is InChI=1S/C24H26F3N3O2S/c1-23(2)15-21(31)30(19-8-3-4-9-20(19)33-23)16-22(32)29-12-10-28(11-13-29)18-7-5-6-17(14-18)24(25,26)27/h3-9,14H,10-13,15-16H2,1-2H3. The molecule has 2 amide bonds. The lowest BCUT2D eigenvalue weighted by Gasteiger charge is -2.37. The summed E-state index contributed by atoms with van der Waals surface area (Å²) in [6.07, 6.45) is -4.07. The van der Waals surface area contributed by atoms with Crippen molar-refractivity contribution in [1.82, 2.24) is 4.90 Å². The fourth-order valence-corrected chi connectivity index (χ4v) is 5.42. The Morgan fingerprint density at radius 3 is 2.42 bits per heavy atom. The lowest BCUT2D eigenvalue weighted by Crippen LogP contribution is -2.52. The lowest BCUT2D eigenvalue weighted by molar-refractivity contribution is -0.137. The van der Waals surface area contributed by atoms with Crippen molar-refractivity contribution >= 4 is 35.0 Å². The van der Waals surface area contributed by atoms with Crippen molar-refractivity contribution in [2.75, 3.05) is 42.5 Å². The summed E-state index contributed by atoms with van der Waals surface area (Å²) >= 11 is 1.63. The molecule has 176 valence electrons. The van der Waals surface area contributed by atoms with E-state index in [1.807, 2.05) is 43.0 Å². The molecule has 33 heavy (non-hydrogen) atoms. The van der Waals surface area contributed by atoms with E-state index in [9.17, 15) is 22.8 Å². The van der Waals surface area contributed by atoms with Gasteiger partial charge in [-0.25, -0.2) is 0 Å². The van der Waals surface area contributed by atoms with Gasteiger partial charge in [-0.1, -0.05) is 18.2 Å². The minimum atomic E-state index is -4.39. The van der Waals surface area contributed by atoms with Crippen LogP contribution in [-0.2, 0) is 15.8 Å². The van der Waals surface area contributed by atoms with Gasteiger partial charge in [-0.15, -0.1) is 11.8 Å². The first-order valence-electron chi connectivity index (χ1n) is 10.8. The summed E-state index contributed by atoms with van der Waals surface area (Å²) < 4.78 is 38.8. The van der Waals surface area contributed by atoms with E-state index in [4.69, 9.17) is 0 Å². The number of rotatable bonds is 3. The van der Waals surface area contributed by atoms with Crippen molar-refractivity contribution in [1.29, 1.82) is 0 Å². The van der Waals surface area contributed by atoms with Crippen LogP contribution in [0.4, 0.5) is 24.5 Å². The molecule has 0 N–H and O–H groups in total. The molecule has 0 atom stereocenters. The maximum atomic E-state index is 13.1. The summed E-state index contributed by atoms with van der Waals surface area (Å²) in [5.41, 5.74) is 0.555. The molecule has 2 heterocycles. The molecule has 2 aliphatic rings. The number of nitrogens with zero attached hydrogens (tertiary/aromatic N) is 3. The second-order valence-corrected chi connectivity index (χ2v) is 10.7. The molecular weight excluding hydrogens is 451 g/mol. The molecule has 1 fully saturated rings. The second kappa shape index (κ2) is 8.93. The monoisotopic (exact) mass is 477 g/mol. The minimum absolute atomic E-state index is 0.0456. The van der Waals surface area contributed by atoms with Crippen LogP contribution in [0.15, 0.2) is 53.4 Å². The van der Waals surface area contributed by atoms with Gasteiger partial charge in [0.15, 0.2) is 0 Å². The van der Waals surface area contributed by atoms with Gasteiger partial charge < -0.3 is 14.7 Å². The third kappa shape index (κ3) is 5.29. The summed E-state index contributed by atoms with van der Waals surface area (Å²) in [5.74, 6) is -0.250. The molecule has 5 nitrogen and oxygen atoms in total. The Kier molecular flexibility index (Phi) is 6.35. The topological polar surface area (TPSA) is 43.9 Å². The van der Waals surface area contributed by atoms with E-state index in [1.54, 1.807) is 27.6 Å². The van der Waals surface area contributed by atoms with Crippen LogP contribution in [0.5, 0.6) is 0 Å². The molecule has 4 rings (SSSR count). The molecule has 1 saturated heterocycles. The Labute approximate surface area is 195 Å². The SMILES string of the molecule is CC1(C)CC(=O)N(CC(=O)N2CCN(c3cccc(C(F)(F)F)c3)CC2)c2ccccc2S1. The number of benzene rings is 2. The Morgan fingerprint density at radius 2 is 1.73 bits per heavy atom. The van der Waals surface area contributed by atoms with Crippen molar-refractivity contribution in [3.8, 4) is 0 Å². The molecule has 0 unspecified atom stereocenters. The highest BCUT2D eigenvalue weighted by atomic mass is 32.2. The van der Waals surface area contributed by atoms with Crippen LogP contribution in [0.3, 0.4) is 0 Å². The minimum Gasteiger partial charge on any atom is -0.368 e. The van der Waals surface area contributed by atoms with Crippen LogP contribution in [-0.4, -0.2) is 54.2 Å². The molecule has 0 radical (unpaired) electrons. The summed E-state index contributed by atoms with van der Waals surface area (Å²) in [7, 11) is 0. The number of alkyl halides is 3. The Hall–Kier alpha value is -2.68. The number of carbonyl (C=O) groups excluding carboxylic acids is 2. The van der Waals surface area contributed by atoms with Crippen molar-refractivity contribution in [2.24, 2.45) is 0 Å². The second-order valence-electron chi connectivity index (χ2n) is 8.90. The normalized spacial score (nSPS) is 18.7. The van der Waals surface area contributed by atoms with Crippen molar-refractivity contribution < 1.29 is 22.8 Å². The average Bonchev–Trinajstić information content (AvgIpc) is 2.86. The van der Waals surface area contributed by atoms with Gasteiger partial charge >= 0.3 is 6.18 Å². The Bertz CT molecular complexity index is 1050. The third-order valence-electron chi connectivity index (χ3n) is 5.88. The zero-order valence-corrected chi connectivity index (χ0v) is 19.4. The fourth-order valence-electron chi connectivity index (χ4n) is 4.20. The number of halogens is 3. The largest absolute Gasteiger partial charge is 0.416 e. The predicted octanol–water partition coefficient (Wildman–Crippen LogP) is 4.66. The summed E-state index contributed by atoms with van der Waals surface area (Å²) in [5, 5.41) is 0. The molecule has 0 spiro atoms. The third-order valence-corrected chi connectivity index (χ3v) is 7.15. The number of para-hydroxylation sites is 1. The molecule has 2 aliphatic heterocycles. The Balaban J connectivity index is 1.43. The number of piperazine rings is 1. The van der Waals surface area contributed by atoms with Gasteiger partial charge in [0, 0.05) is 47.9 Å². The highest BCUT2D eigenvalue weighted by molar-refractivity contribution is 8.00. The number of anilines is 2. The average molecular weight is 478 g/mol. The summed E-state index contributed by atoms with van der Waals surface area (Å²) in [4.78, 5) is 32.2. The van der Waals surface area contributed by atoms with Crippen LogP contribution in [0, 0.1) is 0 Å². The fraction of sp³-hybridized carbons (Fsp3) is 0.417. The molecule has 2 aromatic carbocycles. The number of carbonyl (C=O) groups is 2. The molecule has 0 aliphatic carbocycles. The number of thioether (sulfide) groups is 1. The van der Waals surface area contributed by atoms with Crippen molar-refractivity contribution in [2.45, 2.75) is 36.1 Å². The number of fused-ring (bicyclic) bond motifs is 1. The van der Waals surface area contributed by atoms with Gasteiger partial charge in [0.05, 0.1) is 11.3 Å². The number of amides is 2. The van der Waals surface area contributed by atoms with Crippen LogP contribution in [0.25, 0.3) is 0 Å². The molecule has 0 aromatic heterocycles. The first kappa shape index (κ1) is 23.5. The maximum Gasteiger partial charge on any atom is 0.416 e. The van der Waals surface area contributed by atoms with E-state index >= 15 is 0 Å². The summed E-state index contributed by atoms with van der Waals surface area (Å²) in [6, 6.07) is 12.9. The van der Waals surface area contributed by atoms with E-state index < -0.39 is 11.7 Å². The molecule has 0 saturated carbocycles. The maximum absolute atomic E-state index is 13.1. The quantitative estimate of drug-likeness (QED) is 0.645. The van der Waals surface area contributed by atoms with E-state index in [1.165, 1.54) is 6.07 Å². The highest BCUT2D eigenvalue weighted by Gasteiger charge is 2.35. The van der Waals surface area contributed by atoms with Gasteiger partial charge in [0.25, 0.3) is 0 Å². The smallest absolute Gasteiger partial charge is 0.368 e. The van der Waals surface area contributed by atoms with E-state index in [0.29, 0.717) is 38.3 Å². The van der Waals surface area contributed by atoms with Gasteiger partial charge in [-0.2, -0.15) is 13.2 Å². The Morgan fingerprint density at radius 1 is 1.03 bits per heavy atom. The first-order chi connectivity index (χ1) is 15.5. The van der Waals surface area contributed by atoms with Crippen molar-refractivity contribution in [3.63, 3.8) is 0 Å². The molecular formula is C24H26F3N3O2S. The van der Waals surface area contributed by atoms with E-state index in [0.717, 1.165) is 22.7 Å². The lowest BCUT2D eigenvalue weighted by atomic mass is 10.1. The zero-order valence-electron chi connectivity index (χ0n) is 18.6. The van der Waals surface area contributed by atoms with E-state index in [2.05, 4.69) is 0 Å². The van der Waals surface area contributed by atoms with E-state index in [-0.39, 0.29) is 23.1 Å². The predicted molar refractivity (Wildman–Crippen MR) is 124 cm³/mol. The van der Waals surface area contributed by atoms with Crippen LogP contribution in [0.2, 0.25) is 0 Å². The van der Waals surface area contributed by atoms with Gasteiger partial charge in [-0.3, -0.25) is 9.59 Å². The highest BCUT2D eigenvalue weighted by Crippen LogP contribution is 2.43. The zero-order chi connectivity index (χ0) is 23.8. The molecule has 2 aromatic rings.